The minimum Gasteiger partial charge on any atom is -0.506 e. The molecule has 1 fully saturated rings. The summed E-state index contributed by atoms with van der Waals surface area (Å²) >= 11 is 5.87. The van der Waals surface area contributed by atoms with Gasteiger partial charge in [0, 0.05) is 49.6 Å². The Kier molecular flexibility index (Phi) is 7.71. The smallest absolute Gasteiger partial charge is 0.229 e. The number of aromatic nitrogens is 2. The van der Waals surface area contributed by atoms with Gasteiger partial charge in [-0.3, -0.25) is 4.79 Å². The van der Waals surface area contributed by atoms with Gasteiger partial charge in [-0.05, 0) is 25.0 Å². The van der Waals surface area contributed by atoms with E-state index in [1.807, 2.05) is 6.07 Å². The molecule has 1 saturated heterocycles. The third-order valence-electron chi connectivity index (χ3n) is 4.39. The summed E-state index contributed by atoms with van der Waals surface area (Å²) in [5.41, 5.74) is 1.61. The molecule has 28 heavy (non-hydrogen) atoms. The lowest BCUT2D eigenvalue weighted by atomic mass is 10.2. The van der Waals surface area contributed by atoms with Gasteiger partial charge in [0.1, 0.15) is 11.6 Å². The Morgan fingerprint density at radius 2 is 2.14 bits per heavy atom. The van der Waals surface area contributed by atoms with E-state index in [1.165, 1.54) is 6.92 Å². The van der Waals surface area contributed by atoms with Gasteiger partial charge in [0.25, 0.3) is 0 Å². The Bertz CT molecular complexity index is 834. The van der Waals surface area contributed by atoms with E-state index in [1.54, 1.807) is 18.2 Å². The third-order valence-corrected chi connectivity index (χ3v) is 4.71. The number of benzene rings is 1. The fourth-order valence-corrected chi connectivity index (χ4v) is 3.30. The highest BCUT2D eigenvalue weighted by Gasteiger charge is 2.24. The van der Waals surface area contributed by atoms with Gasteiger partial charge in [-0.2, -0.15) is 4.98 Å². The molecule has 0 spiro atoms. The van der Waals surface area contributed by atoms with E-state index in [2.05, 4.69) is 32.4 Å². The van der Waals surface area contributed by atoms with Crippen molar-refractivity contribution in [3.63, 3.8) is 0 Å². The quantitative estimate of drug-likeness (QED) is 0.653. The van der Waals surface area contributed by atoms with E-state index in [4.69, 9.17) is 11.6 Å². The number of aromatic hydroxyl groups is 1. The van der Waals surface area contributed by atoms with Crippen LogP contribution < -0.4 is 15.5 Å². The fourth-order valence-electron chi connectivity index (χ4n) is 3.18. The number of hydrogen-bond acceptors (Lipinski definition) is 6. The van der Waals surface area contributed by atoms with Crippen molar-refractivity contribution in [3.05, 3.63) is 35.0 Å². The SMILES string of the molecule is CCCc1cc(N2CC[C@H](NC(C)=O)C2)nc(Nc2ccc(Cl)c(O)c2)n1.Cl. The van der Waals surface area contributed by atoms with Crippen molar-refractivity contribution in [2.24, 2.45) is 0 Å². The highest BCUT2D eigenvalue weighted by molar-refractivity contribution is 6.32. The van der Waals surface area contributed by atoms with Crippen LogP contribution in [0.25, 0.3) is 0 Å². The van der Waals surface area contributed by atoms with Gasteiger partial charge in [0.15, 0.2) is 0 Å². The maximum absolute atomic E-state index is 11.3. The first-order chi connectivity index (χ1) is 12.9. The molecule has 2 heterocycles. The second-order valence-corrected chi connectivity index (χ2v) is 7.12. The van der Waals surface area contributed by atoms with Crippen molar-refractivity contribution >= 4 is 47.4 Å². The fraction of sp³-hybridized carbons (Fsp3) is 0.421. The number of phenolic OH excluding ortho intramolecular Hbond substituents is 1. The number of rotatable bonds is 6. The molecule has 0 unspecified atom stereocenters. The van der Waals surface area contributed by atoms with Crippen molar-refractivity contribution in [3.8, 4) is 5.75 Å². The minimum absolute atomic E-state index is 0. The highest BCUT2D eigenvalue weighted by Crippen LogP contribution is 2.28. The van der Waals surface area contributed by atoms with E-state index in [-0.39, 0.29) is 30.1 Å². The molecule has 1 aromatic carbocycles. The summed E-state index contributed by atoms with van der Waals surface area (Å²) in [6.07, 6.45) is 2.71. The summed E-state index contributed by atoms with van der Waals surface area (Å²) < 4.78 is 0. The maximum atomic E-state index is 11.3. The molecule has 0 aliphatic carbocycles. The number of amides is 1. The van der Waals surface area contributed by atoms with Gasteiger partial charge in [-0.15, -0.1) is 12.4 Å². The van der Waals surface area contributed by atoms with Crippen LogP contribution in [0.1, 0.15) is 32.4 Å². The Hall–Kier alpha value is -2.25. The monoisotopic (exact) mass is 425 g/mol. The second kappa shape index (κ2) is 9.80. The summed E-state index contributed by atoms with van der Waals surface area (Å²) in [6, 6.07) is 7.07. The van der Waals surface area contributed by atoms with E-state index in [0.29, 0.717) is 16.7 Å². The van der Waals surface area contributed by atoms with Gasteiger partial charge in [-0.1, -0.05) is 24.9 Å². The summed E-state index contributed by atoms with van der Waals surface area (Å²) in [5.74, 6) is 1.30. The zero-order chi connectivity index (χ0) is 19.4. The molecule has 1 amide bonds. The minimum atomic E-state index is -0.0129. The summed E-state index contributed by atoms with van der Waals surface area (Å²) in [4.78, 5) is 22.7. The molecule has 3 N–H and O–H groups in total. The Labute approximate surface area is 175 Å². The largest absolute Gasteiger partial charge is 0.506 e. The highest BCUT2D eigenvalue weighted by atomic mass is 35.5. The molecule has 0 saturated carbocycles. The van der Waals surface area contributed by atoms with Crippen LogP contribution >= 0.6 is 24.0 Å². The molecule has 1 aromatic heterocycles. The van der Waals surface area contributed by atoms with Crippen LogP contribution in [0.5, 0.6) is 5.75 Å². The molecule has 7 nitrogen and oxygen atoms in total. The van der Waals surface area contributed by atoms with Gasteiger partial charge >= 0.3 is 0 Å². The Morgan fingerprint density at radius 3 is 2.82 bits per heavy atom. The lowest BCUT2D eigenvalue weighted by Gasteiger charge is -2.19. The van der Waals surface area contributed by atoms with Crippen LogP contribution in [0.3, 0.4) is 0 Å². The molecular weight excluding hydrogens is 401 g/mol. The number of carbonyl (C=O) groups is 1. The van der Waals surface area contributed by atoms with Crippen molar-refractivity contribution in [2.45, 2.75) is 39.2 Å². The summed E-state index contributed by atoms with van der Waals surface area (Å²) in [7, 11) is 0. The van der Waals surface area contributed by atoms with Crippen LogP contribution in [0.2, 0.25) is 5.02 Å². The number of phenols is 1. The normalized spacial score (nSPS) is 15.8. The topological polar surface area (TPSA) is 90.4 Å². The molecule has 152 valence electrons. The Balaban J connectivity index is 0.00000280. The summed E-state index contributed by atoms with van der Waals surface area (Å²) in [6.45, 7) is 5.20. The zero-order valence-electron chi connectivity index (χ0n) is 15.9. The standard InChI is InChI=1S/C19H24ClN5O2.ClH/c1-3-4-13-10-18(25-8-7-15(11-25)21-12(2)26)24-19(22-13)23-14-5-6-16(20)17(27)9-14;/h5-6,9-10,15,27H,3-4,7-8,11H2,1-2H3,(H,21,26)(H,22,23,24);1H/t15-;/m0./s1. The number of nitrogens with zero attached hydrogens (tertiary/aromatic N) is 3. The molecule has 0 radical (unpaired) electrons. The van der Waals surface area contributed by atoms with E-state index in [0.717, 1.165) is 43.9 Å². The molecule has 3 rings (SSSR count). The molecule has 1 atom stereocenters. The first-order valence-electron chi connectivity index (χ1n) is 9.10. The number of hydrogen-bond donors (Lipinski definition) is 3. The molecule has 1 aliphatic heterocycles. The van der Waals surface area contributed by atoms with Crippen molar-refractivity contribution in [1.29, 1.82) is 0 Å². The maximum Gasteiger partial charge on any atom is 0.229 e. The van der Waals surface area contributed by atoms with Crippen molar-refractivity contribution in [2.75, 3.05) is 23.3 Å². The van der Waals surface area contributed by atoms with Gasteiger partial charge in [0.2, 0.25) is 11.9 Å². The predicted octanol–water partition coefficient (Wildman–Crippen LogP) is 3.67. The average molecular weight is 426 g/mol. The zero-order valence-corrected chi connectivity index (χ0v) is 17.5. The Morgan fingerprint density at radius 1 is 1.36 bits per heavy atom. The molecule has 0 bridgehead atoms. The van der Waals surface area contributed by atoms with E-state index in [9.17, 15) is 9.90 Å². The lowest BCUT2D eigenvalue weighted by molar-refractivity contribution is -0.119. The summed E-state index contributed by atoms with van der Waals surface area (Å²) in [5, 5.41) is 16.2. The van der Waals surface area contributed by atoms with E-state index < -0.39 is 0 Å². The lowest BCUT2D eigenvalue weighted by Crippen LogP contribution is -2.35. The molecule has 2 aromatic rings. The van der Waals surface area contributed by atoms with Gasteiger partial charge in [-0.25, -0.2) is 4.98 Å². The second-order valence-electron chi connectivity index (χ2n) is 6.71. The van der Waals surface area contributed by atoms with E-state index >= 15 is 0 Å². The van der Waals surface area contributed by atoms with Crippen LogP contribution in [0.15, 0.2) is 24.3 Å². The first-order valence-corrected chi connectivity index (χ1v) is 9.48. The average Bonchev–Trinajstić information content (AvgIpc) is 3.06. The number of nitrogens with one attached hydrogen (secondary N) is 2. The number of anilines is 3. The van der Waals surface area contributed by atoms with Crippen LogP contribution in [0.4, 0.5) is 17.5 Å². The molecule has 1 aliphatic rings. The number of aryl methyl sites for hydroxylation is 1. The predicted molar refractivity (Wildman–Crippen MR) is 114 cm³/mol. The van der Waals surface area contributed by atoms with Crippen molar-refractivity contribution < 1.29 is 9.90 Å². The van der Waals surface area contributed by atoms with Gasteiger partial charge in [0.05, 0.1) is 5.02 Å². The first kappa shape index (κ1) is 22.0. The molecule has 9 heteroatoms. The van der Waals surface area contributed by atoms with Crippen LogP contribution in [0, 0.1) is 0 Å². The van der Waals surface area contributed by atoms with Crippen LogP contribution in [-0.2, 0) is 11.2 Å². The van der Waals surface area contributed by atoms with Crippen LogP contribution in [-0.4, -0.2) is 40.1 Å². The van der Waals surface area contributed by atoms with Gasteiger partial charge < -0.3 is 20.6 Å². The van der Waals surface area contributed by atoms with Crippen molar-refractivity contribution in [1.82, 2.24) is 15.3 Å². The number of halogens is 2. The third kappa shape index (κ3) is 5.62. The molecular formula is C19H25Cl2N5O2. The number of carbonyl (C=O) groups excluding carboxylic acids is 1.